The van der Waals surface area contributed by atoms with Crippen LogP contribution in [-0.4, -0.2) is 52.6 Å². The molecular formula is C21H23F2N5O. The summed E-state index contributed by atoms with van der Waals surface area (Å²) in [4.78, 5) is 2.25. The van der Waals surface area contributed by atoms with Gasteiger partial charge in [0.2, 0.25) is 0 Å². The van der Waals surface area contributed by atoms with Crippen LogP contribution in [0.1, 0.15) is 36.1 Å². The predicted octanol–water partition coefficient (Wildman–Crippen LogP) is 2.94. The molecule has 5 rings (SSSR count). The summed E-state index contributed by atoms with van der Waals surface area (Å²) in [5, 5.41) is 14.3. The Labute approximate surface area is 167 Å². The van der Waals surface area contributed by atoms with E-state index in [1.54, 1.807) is 0 Å². The number of nitrogens with zero attached hydrogens (tertiary/aromatic N) is 3. The second-order valence-corrected chi connectivity index (χ2v) is 7.87. The standard InChI is InChI=1S/C21H23F2N5O/c1-12-9-15-14(3-4-18-20(15)26-27-25-18)21(24-12)19-16(22)10-13(11-17(19)23)29-8-7-28-5-2-6-28/h3-4,10-12,21,24H,2,5-9H2,1H3,(H,25,26,27). The number of H-pyrrole nitrogens is 1. The van der Waals surface area contributed by atoms with E-state index in [-0.39, 0.29) is 17.4 Å². The Hall–Kier alpha value is -2.58. The highest BCUT2D eigenvalue weighted by molar-refractivity contribution is 5.79. The fourth-order valence-electron chi connectivity index (χ4n) is 4.26. The van der Waals surface area contributed by atoms with E-state index in [0.29, 0.717) is 6.61 Å². The molecule has 2 atom stereocenters. The largest absolute Gasteiger partial charge is 0.492 e. The number of fused-ring (bicyclic) bond motifs is 3. The average Bonchev–Trinajstić information content (AvgIpc) is 3.12. The lowest BCUT2D eigenvalue weighted by atomic mass is 9.86. The molecule has 1 saturated heterocycles. The van der Waals surface area contributed by atoms with Crippen LogP contribution in [0.4, 0.5) is 8.78 Å². The van der Waals surface area contributed by atoms with E-state index in [9.17, 15) is 0 Å². The molecule has 2 aliphatic heterocycles. The molecule has 2 unspecified atom stereocenters. The smallest absolute Gasteiger partial charge is 0.134 e. The summed E-state index contributed by atoms with van der Waals surface area (Å²) in [6.07, 6.45) is 1.92. The van der Waals surface area contributed by atoms with Gasteiger partial charge in [-0.15, -0.1) is 0 Å². The number of aromatic nitrogens is 3. The van der Waals surface area contributed by atoms with Crippen molar-refractivity contribution in [3.63, 3.8) is 0 Å². The number of nitrogens with one attached hydrogen (secondary N) is 2. The fourth-order valence-corrected chi connectivity index (χ4v) is 4.26. The van der Waals surface area contributed by atoms with Gasteiger partial charge in [0.15, 0.2) is 0 Å². The first-order valence-corrected chi connectivity index (χ1v) is 10.0. The maximum Gasteiger partial charge on any atom is 0.134 e. The molecule has 0 aliphatic carbocycles. The lowest BCUT2D eigenvalue weighted by Gasteiger charge is -2.32. The third kappa shape index (κ3) is 3.36. The maximum atomic E-state index is 15.0. The topological polar surface area (TPSA) is 66.1 Å². The van der Waals surface area contributed by atoms with Gasteiger partial charge in [-0.2, -0.15) is 15.4 Å². The average molecular weight is 399 g/mol. The summed E-state index contributed by atoms with van der Waals surface area (Å²) in [5.41, 5.74) is 3.32. The van der Waals surface area contributed by atoms with Gasteiger partial charge < -0.3 is 10.1 Å². The van der Waals surface area contributed by atoms with Crippen molar-refractivity contribution in [3.8, 4) is 5.75 Å². The van der Waals surface area contributed by atoms with Crippen molar-refractivity contribution in [2.24, 2.45) is 0 Å². The molecule has 2 N–H and O–H groups in total. The van der Waals surface area contributed by atoms with Crippen LogP contribution < -0.4 is 10.1 Å². The number of rotatable bonds is 5. The van der Waals surface area contributed by atoms with Crippen LogP contribution in [-0.2, 0) is 6.42 Å². The summed E-state index contributed by atoms with van der Waals surface area (Å²) >= 11 is 0. The molecule has 1 aromatic heterocycles. The first-order valence-electron chi connectivity index (χ1n) is 10.0. The molecular weight excluding hydrogens is 376 g/mol. The first kappa shape index (κ1) is 18.4. The van der Waals surface area contributed by atoms with Gasteiger partial charge in [-0.05, 0) is 50.0 Å². The number of aromatic amines is 1. The van der Waals surface area contributed by atoms with E-state index in [1.165, 1.54) is 18.6 Å². The van der Waals surface area contributed by atoms with Crippen molar-refractivity contribution in [2.45, 2.75) is 31.8 Å². The third-order valence-electron chi connectivity index (χ3n) is 5.87. The van der Waals surface area contributed by atoms with Gasteiger partial charge in [-0.1, -0.05) is 6.07 Å². The molecule has 8 heteroatoms. The molecule has 0 bridgehead atoms. The Morgan fingerprint density at radius 1 is 1.17 bits per heavy atom. The minimum atomic E-state index is -0.609. The van der Waals surface area contributed by atoms with Crippen LogP contribution in [0.2, 0.25) is 0 Å². The number of halogens is 2. The van der Waals surface area contributed by atoms with Crippen molar-refractivity contribution in [1.29, 1.82) is 0 Å². The number of likely N-dealkylation sites (tertiary alicyclic amines) is 1. The van der Waals surface area contributed by atoms with E-state index in [2.05, 4.69) is 25.6 Å². The van der Waals surface area contributed by atoms with E-state index in [1.807, 2.05) is 19.1 Å². The van der Waals surface area contributed by atoms with Crippen LogP contribution in [0.25, 0.3) is 11.0 Å². The highest BCUT2D eigenvalue weighted by atomic mass is 19.1. The summed E-state index contributed by atoms with van der Waals surface area (Å²) in [6.45, 7) is 5.32. The molecule has 0 spiro atoms. The van der Waals surface area contributed by atoms with Crippen LogP contribution in [0.5, 0.6) is 5.75 Å². The molecule has 0 amide bonds. The SMILES string of the molecule is CC1Cc2c(ccc3n[nH]nc23)C(c2c(F)cc(OCCN3CCC3)cc2F)N1. The van der Waals surface area contributed by atoms with Crippen molar-refractivity contribution < 1.29 is 13.5 Å². The van der Waals surface area contributed by atoms with Crippen LogP contribution in [0.15, 0.2) is 24.3 Å². The molecule has 3 heterocycles. The molecule has 0 radical (unpaired) electrons. The zero-order valence-corrected chi connectivity index (χ0v) is 16.2. The Bertz CT molecular complexity index is 1030. The minimum absolute atomic E-state index is 0.00994. The summed E-state index contributed by atoms with van der Waals surface area (Å²) in [6, 6.07) is 5.71. The number of hydrogen-bond acceptors (Lipinski definition) is 5. The molecule has 1 fully saturated rings. The second kappa shape index (κ2) is 7.35. The number of ether oxygens (including phenoxy) is 1. The van der Waals surface area contributed by atoms with E-state index in [0.717, 1.165) is 48.2 Å². The van der Waals surface area contributed by atoms with Gasteiger partial charge >= 0.3 is 0 Å². The highest BCUT2D eigenvalue weighted by Crippen LogP contribution is 2.37. The molecule has 2 aromatic carbocycles. The summed E-state index contributed by atoms with van der Waals surface area (Å²) in [5.74, 6) is -0.996. The van der Waals surface area contributed by atoms with E-state index >= 15 is 8.78 Å². The molecule has 2 aliphatic rings. The molecule has 152 valence electrons. The predicted molar refractivity (Wildman–Crippen MR) is 105 cm³/mol. The van der Waals surface area contributed by atoms with Crippen LogP contribution >= 0.6 is 0 Å². The lowest BCUT2D eigenvalue weighted by molar-refractivity contribution is 0.146. The fraction of sp³-hybridized carbons (Fsp3) is 0.429. The van der Waals surface area contributed by atoms with Crippen LogP contribution in [0, 0.1) is 11.6 Å². The van der Waals surface area contributed by atoms with E-state index in [4.69, 9.17) is 4.74 Å². The quantitative estimate of drug-likeness (QED) is 0.691. The van der Waals surface area contributed by atoms with Crippen molar-refractivity contribution >= 4 is 11.0 Å². The summed E-state index contributed by atoms with van der Waals surface area (Å²) in [7, 11) is 0. The summed E-state index contributed by atoms with van der Waals surface area (Å²) < 4.78 is 35.6. The monoisotopic (exact) mass is 399 g/mol. The zero-order chi connectivity index (χ0) is 20.0. The Kier molecular flexibility index (Phi) is 4.67. The zero-order valence-electron chi connectivity index (χ0n) is 16.2. The van der Waals surface area contributed by atoms with E-state index < -0.39 is 17.7 Å². The van der Waals surface area contributed by atoms with Gasteiger partial charge in [0.25, 0.3) is 0 Å². The van der Waals surface area contributed by atoms with Gasteiger partial charge in [0, 0.05) is 30.3 Å². The highest BCUT2D eigenvalue weighted by Gasteiger charge is 2.31. The minimum Gasteiger partial charge on any atom is -0.492 e. The third-order valence-corrected chi connectivity index (χ3v) is 5.87. The maximum absolute atomic E-state index is 15.0. The second-order valence-electron chi connectivity index (χ2n) is 7.87. The Morgan fingerprint density at radius 3 is 2.69 bits per heavy atom. The Balaban J connectivity index is 1.46. The van der Waals surface area contributed by atoms with Gasteiger partial charge in [-0.3, -0.25) is 4.90 Å². The van der Waals surface area contributed by atoms with Gasteiger partial charge in [0.05, 0.1) is 6.04 Å². The lowest BCUT2D eigenvalue weighted by Crippen LogP contribution is -2.39. The van der Waals surface area contributed by atoms with Crippen LogP contribution in [0.3, 0.4) is 0 Å². The van der Waals surface area contributed by atoms with Crippen molar-refractivity contribution in [3.05, 3.63) is 52.6 Å². The van der Waals surface area contributed by atoms with Gasteiger partial charge in [-0.25, -0.2) is 8.78 Å². The van der Waals surface area contributed by atoms with Gasteiger partial charge in [0.1, 0.15) is 35.0 Å². The molecule has 0 saturated carbocycles. The van der Waals surface area contributed by atoms with Crippen molar-refractivity contribution in [1.82, 2.24) is 25.6 Å². The Morgan fingerprint density at radius 2 is 1.97 bits per heavy atom. The molecule has 6 nitrogen and oxygen atoms in total. The number of benzene rings is 2. The number of hydrogen-bond donors (Lipinski definition) is 2. The molecule has 29 heavy (non-hydrogen) atoms. The molecule has 3 aromatic rings. The first-order chi connectivity index (χ1) is 14.1. The normalized spacial score (nSPS) is 21.8. The van der Waals surface area contributed by atoms with Crippen molar-refractivity contribution in [2.75, 3.05) is 26.2 Å².